The normalized spacial score (nSPS) is 24.8. The van der Waals surface area contributed by atoms with Crippen molar-refractivity contribution in [3.05, 3.63) is 0 Å². The number of hydrazine groups is 1. The summed E-state index contributed by atoms with van der Waals surface area (Å²) in [7, 11) is 0. The van der Waals surface area contributed by atoms with E-state index in [1.807, 2.05) is 25.7 Å². The molecule has 5 atom stereocenters. The van der Waals surface area contributed by atoms with Gasteiger partial charge in [-0.05, 0) is 57.3 Å². The van der Waals surface area contributed by atoms with Crippen LogP contribution in [0.1, 0.15) is 124 Å². The molecule has 0 bridgehead atoms. The molecule has 0 spiro atoms. The van der Waals surface area contributed by atoms with E-state index in [0.717, 1.165) is 64.2 Å². The Labute approximate surface area is 265 Å². The van der Waals surface area contributed by atoms with Gasteiger partial charge in [-0.2, -0.15) is 0 Å². The highest BCUT2D eigenvalue weighted by Crippen LogP contribution is 2.35. The molecule has 0 aromatic carbocycles. The minimum Gasteiger partial charge on any atom is -0.390 e. The first-order chi connectivity index (χ1) is 21.2. The molecule has 0 heterocycles. The number of likely N-dealkylation sites (N-methyl/N-ethyl adjacent to an activating group) is 1. The summed E-state index contributed by atoms with van der Waals surface area (Å²) in [6.07, 6.45) is 13.3. The van der Waals surface area contributed by atoms with Crippen LogP contribution in [-0.2, 0) is 19.2 Å². The van der Waals surface area contributed by atoms with E-state index < -0.39 is 35.8 Å². The fourth-order valence-corrected chi connectivity index (χ4v) is 7.71. The van der Waals surface area contributed by atoms with Gasteiger partial charge in [0.2, 0.25) is 23.6 Å². The van der Waals surface area contributed by atoms with Crippen molar-refractivity contribution in [2.75, 3.05) is 26.2 Å². The standard InChI is InChI=1S/C34H61N5O5/c1-4-17-38(18-5-2)34(44)28-21-26(31(35)41)20-27(22-28)32(42)36-29(19-24-13-9-7-10-14-24)30(40)23-39(6-3)37-33(43)25-15-11-8-12-16-25/h24-30,40H,4-23H2,1-3H3,(H2,35,41)(H,36,42)(H,37,43). The zero-order chi connectivity index (χ0) is 32.1. The molecule has 10 heteroatoms. The van der Waals surface area contributed by atoms with Crippen molar-refractivity contribution >= 4 is 23.6 Å². The monoisotopic (exact) mass is 619 g/mol. The number of amides is 4. The highest BCUT2D eigenvalue weighted by atomic mass is 16.3. The molecule has 5 N–H and O–H groups in total. The molecule has 10 nitrogen and oxygen atoms in total. The molecule has 3 aliphatic carbocycles. The van der Waals surface area contributed by atoms with Crippen LogP contribution in [0.25, 0.3) is 0 Å². The number of primary amides is 1. The van der Waals surface area contributed by atoms with Gasteiger partial charge in [0, 0.05) is 49.9 Å². The van der Waals surface area contributed by atoms with E-state index in [-0.39, 0.29) is 30.2 Å². The Hall–Kier alpha value is -2.20. The summed E-state index contributed by atoms with van der Waals surface area (Å²) in [5, 5.41) is 16.5. The minimum absolute atomic E-state index is 0.00327. The van der Waals surface area contributed by atoms with E-state index in [2.05, 4.69) is 10.7 Å². The third kappa shape index (κ3) is 11.0. The van der Waals surface area contributed by atoms with Crippen LogP contribution in [0, 0.1) is 29.6 Å². The van der Waals surface area contributed by atoms with Crippen LogP contribution in [0.15, 0.2) is 0 Å². The molecule has 0 aromatic rings. The molecule has 3 aliphatic rings. The van der Waals surface area contributed by atoms with Gasteiger partial charge in [-0.15, -0.1) is 0 Å². The lowest BCUT2D eigenvalue weighted by atomic mass is 9.73. The molecule has 0 aromatic heterocycles. The third-order valence-corrected chi connectivity index (χ3v) is 10.3. The van der Waals surface area contributed by atoms with Gasteiger partial charge in [0.25, 0.3) is 0 Å². The second-order valence-corrected chi connectivity index (χ2v) is 13.8. The van der Waals surface area contributed by atoms with E-state index in [9.17, 15) is 24.3 Å². The van der Waals surface area contributed by atoms with Crippen LogP contribution in [0.2, 0.25) is 0 Å². The van der Waals surface area contributed by atoms with Crippen LogP contribution in [-0.4, -0.2) is 77.0 Å². The zero-order valence-corrected chi connectivity index (χ0v) is 27.7. The van der Waals surface area contributed by atoms with Gasteiger partial charge in [0.1, 0.15) is 0 Å². The van der Waals surface area contributed by atoms with Gasteiger partial charge < -0.3 is 21.1 Å². The highest BCUT2D eigenvalue weighted by molar-refractivity contribution is 5.85. The lowest BCUT2D eigenvalue weighted by Gasteiger charge is -2.37. The molecule has 0 saturated heterocycles. The number of aliphatic hydroxyl groups excluding tert-OH is 1. The minimum atomic E-state index is -0.884. The Morgan fingerprint density at radius 1 is 0.773 bits per heavy atom. The summed E-state index contributed by atoms with van der Waals surface area (Å²) in [5.74, 6) is -1.75. The number of carbonyl (C=O) groups is 4. The molecule has 4 amide bonds. The predicted molar refractivity (Wildman–Crippen MR) is 172 cm³/mol. The van der Waals surface area contributed by atoms with Crippen LogP contribution in [0.5, 0.6) is 0 Å². The fraction of sp³-hybridized carbons (Fsp3) is 0.882. The summed E-state index contributed by atoms with van der Waals surface area (Å²) in [6, 6.07) is -0.494. The highest BCUT2D eigenvalue weighted by Gasteiger charge is 2.40. The lowest BCUT2D eigenvalue weighted by Crippen LogP contribution is -2.55. The van der Waals surface area contributed by atoms with Crippen molar-refractivity contribution in [1.29, 1.82) is 0 Å². The second kappa shape index (κ2) is 18.7. The number of nitrogens with zero attached hydrogens (tertiary/aromatic N) is 2. The number of nitrogens with two attached hydrogens (primary N) is 1. The van der Waals surface area contributed by atoms with Crippen molar-refractivity contribution < 1.29 is 24.3 Å². The lowest BCUT2D eigenvalue weighted by molar-refractivity contribution is -0.141. The maximum Gasteiger partial charge on any atom is 0.237 e. The summed E-state index contributed by atoms with van der Waals surface area (Å²) < 4.78 is 0. The van der Waals surface area contributed by atoms with Crippen molar-refractivity contribution in [3.63, 3.8) is 0 Å². The number of carbonyl (C=O) groups excluding carboxylic acids is 4. The predicted octanol–water partition coefficient (Wildman–Crippen LogP) is 3.90. The third-order valence-electron chi connectivity index (χ3n) is 10.3. The van der Waals surface area contributed by atoms with E-state index in [1.54, 1.807) is 5.01 Å². The van der Waals surface area contributed by atoms with Crippen LogP contribution >= 0.6 is 0 Å². The van der Waals surface area contributed by atoms with E-state index in [0.29, 0.717) is 51.2 Å². The Morgan fingerprint density at radius 2 is 1.34 bits per heavy atom. The molecule has 3 fully saturated rings. The molecular weight excluding hydrogens is 558 g/mol. The van der Waals surface area contributed by atoms with E-state index in [4.69, 9.17) is 5.73 Å². The second-order valence-electron chi connectivity index (χ2n) is 13.8. The molecule has 5 unspecified atom stereocenters. The first-order valence-corrected chi connectivity index (χ1v) is 17.8. The summed E-state index contributed by atoms with van der Waals surface area (Å²) in [5.41, 5.74) is 8.78. The number of aliphatic hydroxyl groups is 1. The quantitative estimate of drug-likeness (QED) is 0.193. The maximum atomic E-state index is 13.9. The molecule has 3 rings (SSSR count). The topological polar surface area (TPSA) is 145 Å². The van der Waals surface area contributed by atoms with Crippen molar-refractivity contribution in [2.24, 2.45) is 35.3 Å². The van der Waals surface area contributed by atoms with Gasteiger partial charge in [0.15, 0.2) is 0 Å². The molecule has 0 radical (unpaired) electrons. The molecule has 3 saturated carbocycles. The van der Waals surface area contributed by atoms with Gasteiger partial charge in [-0.1, -0.05) is 72.1 Å². The largest absolute Gasteiger partial charge is 0.390 e. The molecular formula is C34H61N5O5. The summed E-state index contributed by atoms with van der Waals surface area (Å²) >= 11 is 0. The van der Waals surface area contributed by atoms with Gasteiger partial charge in [-0.25, -0.2) is 5.01 Å². The van der Waals surface area contributed by atoms with Crippen molar-refractivity contribution in [2.45, 2.75) is 136 Å². The Bertz CT molecular complexity index is 914. The summed E-state index contributed by atoms with van der Waals surface area (Å²) in [6.45, 7) is 8.09. The number of rotatable bonds is 16. The molecule has 0 aliphatic heterocycles. The molecule has 252 valence electrons. The number of hydrogen-bond acceptors (Lipinski definition) is 6. The SMILES string of the molecule is CCCN(CCC)C(=O)C1CC(C(N)=O)CC(C(=O)NC(CC2CCCCC2)C(O)CN(CC)NC(=O)C2CCCCC2)C1. The van der Waals surface area contributed by atoms with Crippen LogP contribution < -0.4 is 16.5 Å². The smallest absolute Gasteiger partial charge is 0.237 e. The Kier molecular flexibility index (Phi) is 15.4. The Morgan fingerprint density at radius 3 is 1.91 bits per heavy atom. The van der Waals surface area contributed by atoms with Crippen LogP contribution in [0.4, 0.5) is 0 Å². The first-order valence-electron chi connectivity index (χ1n) is 17.8. The summed E-state index contributed by atoms with van der Waals surface area (Å²) in [4.78, 5) is 54.6. The Balaban J connectivity index is 1.72. The van der Waals surface area contributed by atoms with Crippen molar-refractivity contribution in [1.82, 2.24) is 20.7 Å². The van der Waals surface area contributed by atoms with E-state index >= 15 is 0 Å². The maximum absolute atomic E-state index is 13.9. The van der Waals surface area contributed by atoms with Crippen LogP contribution in [0.3, 0.4) is 0 Å². The van der Waals surface area contributed by atoms with Gasteiger partial charge in [-0.3, -0.25) is 24.6 Å². The average Bonchev–Trinajstić information content (AvgIpc) is 3.04. The first kappa shape index (κ1) is 36.3. The average molecular weight is 620 g/mol. The van der Waals surface area contributed by atoms with Crippen molar-refractivity contribution in [3.8, 4) is 0 Å². The van der Waals surface area contributed by atoms with Gasteiger partial charge in [0.05, 0.1) is 12.1 Å². The van der Waals surface area contributed by atoms with E-state index in [1.165, 1.54) is 12.8 Å². The fourth-order valence-electron chi connectivity index (χ4n) is 7.71. The number of nitrogens with one attached hydrogen (secondary N) is 2. The number of hydrogen-bond donors (Lipinski definition) is 4. The van der Waals surface area contributed by atoms with Gasteiger partial charge >= 0.3 is 0 Å². The zero-order valence-electron chi connectivity index (χ0n) is 27.7. The molecule has 44 heavy (non-hydrogen) atoms.